The van der Waals surface area contributed by atoms with Crippen LogP contribution in [0.25, 0.3) is 0 Å². The second-order valence-electron chi connectivity index (χ2n) is 4.45. The number of hydrogen-bond donors (Lipinski definition) is 4. The molecule has 0 bridgehead atoms. The average Bonchev–Trinajstić information content (AvgIpc) is 2.90. The summed E-state index contributed by atoms with van der Waals surface area (Å²) >= 11 is 0. The maximum Gasteiger partial charge on any atom is 0.364 e. The van der Waals surface area contributed by atoms with E-state index in [4.69, 9.17) is 0 Å². The van der Waals surface area contributed by atoms with Crippen molar-refractivity contribution in [1.82, 2.24) is 25.7 Å². The number of rotatable bonds is 3. The Hall–Kier alpha value is -2.16. The molecule has 1 aliphatic carbocycles. The van der Waals surface area contributed by atoms with E-state index >= 15 is 0 Å². The molecule has 0 aliphatic heterocycles. The fraction of sp³-hybridized carbons (Fsp3) is 0.600. The van der Waals surface area contributed by atoms with Crippen molar-refractivity contribution in [2.75, 3.05) is 5.43 Å². The van der Waals surface area contributed by atoms with Crippen LogP contribution in [0.1, 0.15) is 31.4 Å². The molecular weight excluding hydrogens is 252 g/mol. The fourth-order valence-electron chi connectivity index (χ4n) is 1.95. The zero-order valence-corrected chi connectivity index (χ0v) is 10.5. The third-order valence-electron chi connectivity index (χ3n) is 2.99. The zero-order valence-electron chi connectivity index (χ0n) is 10.5. The first-order valence-electron chi connectivity index (χ1n) is 6.09. The van der Waals surface area contributed by atoms with Crippen LogP contribution in [0.15, 0.2) is 9.59 Å². The van der Waals surface area contributed by atoms with E-state index in [1.165, 1.54) is 6.92 Å². The smallest absolute Gasteiger partial charge is 0.272 e. The Morgan fingerprint density at radius 1 is 1.37 bits per heavy atom. The summed E-state index contributed by atoms with van der Waals surface area (Å²) in [4.78, 5) is 34.5. The molecule has 0 atom stereocenters. The van der Waals surface area contributed by atoms with Gasteiger partial charge in [0, 0.05) is 6.04 Å². The molecule has 1 heterocycles. The van der Waals surface area contributed by atoms with Crippen LogP contribution in [0.3, 0.4) is 0 Å². The molecule has 0 radical (unpaired) electrons. The van der Waals surface area contributed by atoms with Crippen molar-refractivity contribution < 1.29 is 4.79 Å². The Morgan fingerprint density at radius 2 is 2.05 bits per heavy atom. The summed E-state index contributed by atoms with van der Waals surface area (Å²) in [6, 6.07) is -0.440. The van der Waals surface area contributed by atoms with E-state index in [1.807, 2.05) is 0 Å². The van der Waals surface area contributed by atoms with Gasteiger partial charge in [-0.15, -0.1) is 0 Å². The monoisotopic (exact) mass is 268 g/mol. The molecule has 1 fully saturated rings. The lowest BCUT2D eigenvalue weighted by molar-refractivity contribution is 0.242. The number of amides is 2. The van der Waals surface area contributed by atoms with Crippen LogP contribution in [0, 0.1) is 6.92 Å². The van der Waals surface area contributed by atoms with E-state index in [2.05, 4.69) is 26.5 Å². The lowest BCUT2D eigenvalue weighted by Gasteiger charge is -2.13. The van der Waals surface area contributed by atoms with E-state index in [1.54, 1.807) is 0 Å². The van der Waals surface area contributed by atoms with Gasteiger partial charge in [0.15, 0.2) is 0 Å². The van der Waals surface area contributed by atoms with Gasteiger partial charge < -0.3 is 0 Å². The molecule has 2 rings (SSSR count). The van der Waals surface area contributed by atoms with Crippen LogP contribution in [-0.2, 0) is 0 Å². The Morgan fingerprint density at radius 3 is 2.74 bits per heavy atom. The van der Waals surface area contributed by atoms with Crippen molar-refractivity contribution in [1.29, 1.82) is 0 Å². The minimum Gasteiger partial charge on any atom is -0.272 e. The summed E-state index contributed by atoms with van der Waals surface area (Å²) in [5.41, 5.74) is 6.04. The first-order valence-corrected chi connectivity index (χ1v) is 6.09. The van der Waals surface area contributed by atoms with E-state index < -0.39 is 17.3 Å². The number of carbonyl (C=O) groups excluding carboxylic acids is 1. The molecule has 0 aromatic carbocycles. The van der Waals surface area contributed by atoms with Crippen molar-refractivity contribution >= 4 is 6.03 Å². The highest BCUT2D eigenvalue weighted by Crippen LogP contribution is 2.16. The lowest BCUT2D eigenvalue weighted by Crippen LogP contribution is -2.52. The average molecular weight is 268 g/mol. The van der Waals surface area contributed by atoms with E-state index in [0.29, 0.717) is 4.68 Å². The van der Waals surface area contributed by atoms with Crippen molar-refractivity contribution in [2.45, 2.75) is 38.6 Å². The summed E-state index contributed by atoms with van der Waals surface area (Å²) in [5.74, 6) is 0. The van der Waals surface area contributed by atoms with Crippen LogP contribution in [0.5, 0.6) is 0 Å². The first kappa shape index (κ1) is 13.3. The Balaban J connectivity index is 1.97. The molecule has 19 heavy (non-hydrogen) atoms. The van der Waals surface area contributed by atoms with Crippen LogP contribution >= 0.6 is 0 Å². The molecule has 2 amide bonds. The van der Waals surface area contributed by atoms with Crippen molar-refractivity contribution in [3.05, 3.63) is 26.5 Å². The van der Waals surface area contributed by atoms with Gasteiger partial charge in [-0.25, -0.2) is 25.5 Å². The maximum absolute atomic E-state index is 11.6. The summed E-state index contributed by atoms with van der Waals surface area (Å²) < 4.78 is 0.577. The van der Waals surface area contributed by atoms with Crippen LogP contribution in [0.4, 0.5) is 4.79 Å². The van der Waals surface area contributed by atoms with Gasteiger partial charge in [-0.3, -0.25) is 10.2 Å². The second-order valence-corrected chi connectivity index (χ2v) is 4.45. The van der Waals surface area contributed by atoms with Gasteiger partial charge in [-0.2, -0.15) is 9.77 Å². The number of urea groups is 1. The Bertz CT molecular complexity index is 571. The predicted octanol–water partition coefficient (Wildman–Crippen LogP) is -1.06. The Kier molecular flexibility index (Phi) is 3.95. The SMILES string of the molecule is Cc1n[nH]c(=O)n(NC(=O)NNC2CCCC2)c1=O. The number of H-pyrrole nitrogens is 1. The number of hydrogen-bond acceptors (Lipinski definition) is 5. The number of aromatic amines is 1. The van der Waals surface area contributed by atoms with E-state index in [0.717, 1.165) is 25.7 Å². The minimum atomic E-state index is -0.799. The molecule has 1 saturated carbocycles. The van der Waals surface area contributed by atoms with Gasteiger partial charge >= 0.3 is 11.7 Å². The maximum atomic E-state index is 11.6. The summed E-state index contributed by atoms with van der Waals surface area (Å²) in [6.07, 6.45) is 4.25. The second kappa shape index (κ2) is 5.65. The summed E-state index contributed by atoms with van der Waals surface area (Å²) in [7, 11) is 0. The van der Waals surface area contributed by atoms with Gasteiger partial charge in [-0.05, 0) is 19.8 Å². The minimum absolute atomic E-state index is 0.0867. The summed E-state index contributed by atoms with van der Waals surface area (Å²) in [5, 5.41) is 5.60. The topological polar surface area (TPSA) is 121 Å². The van der Waals surface area contributed by atoms with Crippen molar-refractivity contribution in [2.24, 2.45) is 0 Å². The van der Waals surface area contributed by atoms with Crippen molar-refractivity contribution in [3.8, 4) is 0 Å². The van der Waals surface area contributed by atoms with Crippen LogP contribution < -0.4 is 27.5 Å². The third-order valence-corrected chi connectivity index (χ3v) is 2.99. The highest BCUT2D eigenvalue weighted by molar-refractivity contribution is 5.81. The van der Waals surface area contributed by atoms with Gasteiger partial charge in [0.25, 0.3) is 5.56 Å². The molecule has 0 saturated heterocycles. The molecule has 4 N–H and O–H groups in total. The highest BCUT2D eigenvalue weighted by Gasteiger charge is 2.15. The van der Waals surface area contributed by atoms with Crippen LogP contribution in [0.2, 0.25) is 0 Å². The highest BCUT2D eigenvalue weighted by atomic mass is 16.2. The quantitative estimate of drug-likeness (QED) is 0.521. The number of aromatic nitrogens is 3. The van der Waals surface area contributed by atoms with Crippen molar-refractivity contribution in [3.63, 3.8) is 0 Å². The molecule has 0 unspecified atom stereocenters. The van der Waals surface area contributed by atoms with Gasteiger partial charge in [0.1, 0.15) is 5.69 Å². The number of carbonyl (C=O) groups is 1. The van der Waals surface area contributed by atoms with Gasteiger partial charge in [0.2, 0.25) is 0 Å². The predicted molar refractivity (Wildman–Crippen MR) is 67.1 cm³/mol. The molecule has 9 heteroatoms. The van der Waals surface area contributed by atoms with Gasteiger partial charge in [0.05, 0.1) is 0 Å². The fourth-order valence-corrected chi connectivity index (χ4v) is 1.95. The standard InChI is InChI=1S/C10H16N6O3/c1-6-8(17)16(10(19)14-11-6)15-9(18)13-12-7-4-2-3-5-7/h7,12H,2-5H2,1H3,(H,14,19)(H2,13,15,18). The Labute approximate surface area is 108 Å². The lowest BCUT2D eigenvalue weighted by atomic mass is 10.3. The molecule has 1 aliphatic rings. The first-order chi connectivity index (χ1) is 9.08. The van der Waals surface area contributed by atoms with E-state index in [-0.39, 0.29) is 11.7 Å². The molecule has 104 valence electrons. The molecule has 1 aromatic rings. The third kappa shape index (κ3) is 3.19. The zero-order chi connectivity index (χ0) is 13.8. The number of nitrogens with one attached hydrogen (secondary N) is 4. The molecule has 1 aromatic heterocycles. The normalized spacial score (nSPS) is 15.4. The molecular formula is C10H16N6O3. The van der Waals surface area contributed by atoms with E-state index in [9.17, 15) is 14.4 Å². The largest absolute Gasteiger partial charge is 0.364 e. The van der Waals surface area contributed by atoms with Crippen LogP contribution in [-0.4, -0.2) is 26.9 Å². The van der Waals surface area contributed by atoms with Gasteiger partial charge in [-0.1, -0.05) is 12.8 Å². The number of nitrogens with zero attached hydrogens (tertiary/aromatic N) is 2. The molecule has 0 spiro atoms. The number of hydrazine groups is 1. The molecule has 9 nitrogen and oxygen atoms in total. The number of aryl methyl sites for hydroxylation is 1. The summed E-state index contributed by atoms with van der Waals surface area (Å²) in [6.45, 7) is 1.44.